The van der Waals surface area contributed by atoms with Crippen molar-refractivity contribution < 1.29 is 20.4 Å². The first kappa shape index (κ1) is 11.5. The summed E-state index contributed by atoms with van der Waals surface area (Å²) in [6.45, 7) is 4.52. The van der Waals surface area contributed by atoms with Crippen LogP contribution in [0.5, 0.6) is 0 Å². The van der Waals surface area contributed by atoms with Gasteiger partial charge in [0.2, 0.25) is 0 Å². The van der Waals surface area contributed by atoms with Crippen LogP contribution < -0.4 is 0 Å². The molecule has 0 radical (unpaired) electrons. The van der Waals surface area contributed by atoms with Gasteiger partial charge in [-0.05, 0) is 12.8 Å². The molecule has 0 fully saturated rings. The molecule has 0 atom stereocenters. The molecule has 84 valence electrons. The molecule has 0 bridgehead atoms. The summed E-state index contributed by atoms with van der Waals surface area (Å²) >= 11 is 0. The quantitative estimate of drug-likeness (QED) is 0.291. The van der Waals surface area contributed by atoms with Crippen LogP contribution in [0.1, 0.15) is 14.2 Å². The van der Waals surface area contributed by atoms with Crippen molar-refractivity contribution in [3.05, 3.63) is 25.3 Å². The summed E-state index contributed by atoms with van der Waals surface area (Å²) in [6, 6.07) is 0. The van der Waals surface area contributed by atoms with Crippen LogP contribution in [-0.2, 0) is 19.1 Å². The molecule has 4 nitrogen and oxygen atoms in total. The molecular formula is C11H16O4. The summed E-state index contributed by atoms with van der Waals surface area (Å²) in [5.41, 5.74) is -1.43. The van der Waals surface area contributed by atoms with E-state index < -0.39 is 17.4 Å². The Kier molecular flexibility index (Phi) is 4.60. The Bertz CT molecular complexity index is 280. The lowest BCUT2D eigenvalue weighted by Crippen LogP contribution is -2.40. The zero-order chi connectivity index (χ0) is 12.6. The van der Waals surface area contributed by atoms with Crippen molar-refractivity contribution in [2.24, 2.45) is 5.41 Å². The van der Waals surface area contributed by atoms with E-state index >= 15 is 0 Å². The number of rotatable bonds is 6. The number of hydrogen-bond donors (Lipinski definition) is 0. The average Bonchev–Trinajstić information content (AvgIpc) is 2.32. The van der Waals surface area contributed by atoms with E-state index in [2.05, 4.69) is 16.1 Å². The number of ether oxygens (including phenoxy) is 2. The van der Waals surface area contributed by atoms with Gasteiger partial charge in [-0.15, -0.1) is 13.1 Å². The number of methoxy groups -OCH3 is 2. The van der Waals surface area contributed by atoms with Crippen molar-refractivity contribution in [1.29, 1.82) is 0 Å². The molecule has 0 aromatic carbocycles. The first-order valence-corrected chi connectivity index (χ1v) is 4.40. The normalized spacial score (nSPS) is 12.0. The smallest absolute Gasteiger partial charge is 0.323 e. The molecule has 0 aromatic heterocycles. The molecule has 0 N–H and O–H groups in total. The van der Waals surface area contributed by atoms with E-state index in [9.17, 15) is 9.59 Å². The fourth-order valence-corrected chi connectivity index (χ4v) is 1.34. The molecule has 0 heterocycles. The van der Waals surface area contributed by atoms with Gasteiger partial charge in [-0.3, -0.25) is 9.59 Å². The van der Waals surface area contributed by atoms with Crippen LogP contribution in [0.15, 0.2) is 25.3 Å². The van der Waals surface area contributed by atoms with Crippen LogP contribution >= 0.6 is 0 Å². The molecule has 0 saturated carbocycles. The first-order valence-electron chi connectivity index (χ1n) is 4.98. The van der Waals surface area contributed by atoms with E-state index in [-0.39, 0.29) is 12.8 Å². The van der Waals surface area contributed by atoms with Gasteiger partial charge < -0.3 is 9.47 Å². The predicted octanol–water partition coefficient (Wildman–Crippen LogP) is 1.47. The lowest BCUT2D eigenvalue weighted by molar-refractivity contribution is -0.168. The predicted molar refractivity (Wildman–Crippen MR) is 56.1 cm³/mol. The zero-order valence-electron chi connectivity index (χ0n) is 9.99. The second kappa shape index (κ2) is 6.01. The van der Waals surface area contributed by atoms with E-state index in [0.29, 0.717) is 0 Å². The molecule has 0 rings (SSSR count). The van der Waals surface area contributed by atoms with Gasteiger partial charge in [-0.2, -0.15) is 0 Å². The Hall–Kier alpha value is -1.58. The third kappa shape index (κ3) is 2.68. The number of allylic oxidation sites excluding steroid dienone is 2. The van der Waals surface area contributed by atoms with Crippen LogP contribution in [0, 0.1) is 5.41 Å². The molecule has 0 unspecified atom stereocenters. The summed E-state index contributed by atoms with van der Waals surface area (Å²) < 4.78 is 16.1. The molecular weight excluding hydrogens is 197 g/mol. The summed E-state index contributed by atoms with van der Waals surface area (Å²) in [7, 11) is 2.40. The molecule has 0 amide bonds. The average molecular weight is 214 g/mol. The van der Waals surface area contributed by atoms with E-state index in [0.717, 1.165) is 6.55 Å². The second-order valence-electron chi connectivity index (χ2n) is 3.00. The highest BCUT2D eigenvalue weighted by Crippen LogP contribution is 2.31. The molecule has 0 aromatic rings. The lowest BCUT2D eigenvalue weighted by Gasteiger charge is -2.25. The van der Waals surface area contributed by atoms with Crippen LogP contribution in [0.2, 0.25) is 0 Å². The van der Waals surface area contributed by atoms with Gasteiger partial charge in [0.15, 0.2) is 5.41 Å². The maximum Gasteiger partial charge on any atom is 0.323 e. The Balaban J connectivity index is 5.27. The standard InChI is InChI=1S/C11H16O4/c1-5-7-11(8-6-2,9(12)14-3)10(13)15-4/h5-6H,1-2,7-8H2,3-4H3/i1D,2+1. The fraction of sp³-hybridized carbons (Fsp3) is 0.455. The third-order valence-corrected chi connectivity index (χ3v) is 2.11. The van der Waals surface area contributed by atoms with Crippen LogP contribution in [0.4, 0.5) is 0 Å². The fourth-order valence-electron chi connectivity index (χ4n) is 1.34. The minimum atomic E-state index is -1.43. The maximum atomic E-state index is 11.7. The van der Waals surface area contributed by atoms with Crippen molar-refractivity contribution in [3.8, 4) is 0 Å². The molecule has 4 heteroatoms. The number of carbonyl (C=O) groups is 2. The third-order valence-electron chi connectivity index (χ3n) is 2.11. The highest BCUT2D eigenvalue weighted by molar-refractivity contribution is 6.00. The Morgan fingerprint density at radius 1 is 1.27 bits per heavy atom. The van der Waals surface area contributed by atoms with Gasteiger partial charge in [0.05, 0.1) is 15.6 Å². The number of carbonyl (C=O) groups excluding carboxylic acids is 2. The Morgan fingerprint density at radius 3 is 2.07 bits per heavy atom. The van der Waals surface area contributed by atoms with Crippen LogP contribution in [0.3, 0.4) is 0 Å². The van der Waals surface area contributed by atoms with Crippen LogP contribution in [0.25, 0.3) is 0 Å². The van der Waals surface area contributed by atoms with Gasteiger partial charge in [0.1, 0.15) is 0 Å². The molecule has 0 aliphatic rings. The monoisotopic (exact) mass is 214 g/mol. The summed E-state index contributed by atoms with van der Waals surface area (Å²) in [4.78, 5) is 23.3. The van der Waals surface area contributed by atoms with Crippen molar-refractivity contribution in [1.82, 2.24) is 0 Å². The highest BCUT2D eigenvalue weighted by atomic mass is 16.5. The minimum absolute atomic E-state index is 0.0574. The second-order valence-corrected chi connectivity index (χ2v) is 3.00. The summed E-state index contributed by atoms with van der Waals surface area (Å²) in [6.07, 6.45) is 3.02. The largest absolute Gasteiger partial charge is 0.468 e. The van der Waals surface area contributed by atoms with Gasteiger partial charge in [0.25, 0.3) is 0 Å². The topological polar surface area (TPSA) is 52.6 Å². The zero-order valence-corrected chi connectivity index (χ0v) is 8.99. The first-order chi connectivity index (χ1) is 7.58. The summed E-state index contributed by atoms with van der Waals surface area (Å²) in [5.74, 6) is -1.37. The van der Waals surface area contributed by atoms with Crippen molar-refractivity contribution in [2.45, 2.75) is 12.8 Å². The van der Waals surface area contributed by atoms with Crippen molar-refractivity contribution >= 4 is 11.9 Å². The van der Waals surface area contributed by atoms with Gasteiger partial charge >= 0.3 is 11.9 Å². The van der Waals surface area contributed by atoms with Crippen molar-refractivity contribution in [2.75, 3.05) is 14.2 Å². The number of esters is 2. The lowest BCUT2D eigenvalue weighted by atomic mass is 9.81. The minimum Gasteiger partial charge on any atom is -0.468 e. The Labute approximate surface area is 91.0 Å². The van der Waals surface area contributed by atoms with E-state index in [1.54, 1.807) is 0 Å². The van der Waals surface area contributed by atoms with Gasteiger partial charge in [-0.25, -0.2) is 0 Å². The van der Waals surface area contributed by atoms with E-state index in [4.69, 9.17) is 1.37 Å². The van der Waals surface area contributed by atoms with E-state index in [1.807, 2.05) is 0 Å². The van der Waals surface area contributed by atoms with Gasteiger partial charge in [-0.1, -0.05) is 12.2 Å². The Morgan fingerprint density at radius 2 is 1.73 bits per heavy atom. The van der Waals surface area contributed by atoms with Crippen molar-refractivity contribution in [3.63, 3.8) is 0 Å². The van der Waals surface area contributed by atoms with E-state index in [1.165, 1.54) is 26.4 Å². The molecule has 15 heavy (non-hydrogen) atoms. The molecule has 0 spiro atoms. The van der Waals surface area contributed by atoms with Gasteiger partial charge in [0, 0.05) is 0 Å². The summed E-state index contributed by atoms with van der Waals surface area (Å²) in [5, 5.41) is 0. The SMILES string of the molecule is [2H]C=CCC(CC=[13CH2])(C(=O)OC)C(=O)OC. The highest BCUT2D eigenvalue weighted by Gasteiger charge is 2.46. The van der Waals surface area contributed by atoms with Crippen LogP contribution in [-0.4, -0.2) is 26.2 Å². The number of hydrogen-bond acceptors (Lipinski definition) is 4. The molecule has 0 aliphatic carbocycles. The molecule has 0 aliphatic heterocycles. The maximum absolute atomic E-state index is 11.7. The molecule has 0 saturated heterocycles.